The van der Waals surface area contributed by atoms with E-state index in [1.165, 1.54) is 0 Å². The van der Waals surface area contributed by atoms with Crippen LogP contribution in [0.3, 0.4) is 0 Å². The summed E-state index contributed by atoms with van der Waals surface area (Å²) in [6.07, 6.45) is 0.699. The zero-order chi connectivity index (χ0) is 16.9. The Hall–Kier alpha value is 0.350. The van der Waals surface area contributed by atoms with Crippen molar-refractivity contribution in [2.45, 2.75) is 27.2 Å². The van der Waals surface area contributed by atoms with E-state index in [0.717, 1.165) is 10.7 Å². The summed E-state index contributed by atoms with van der Waals surface area (Å²) in [7, 11) is 0. The largest absolute Gasteiger partial charge is 0.462 e. The highest BCUT2D eigenvalue weighted by atomic mass is 127. The lowest BCUT2D eigenvalue weighted by molar-refractivity contribution is -0.155. The van der Waals surface area contributed by atoms with Crippen LogP contribution in [0.4, 0.5) is 0 Å². The molecule has 0 spiro atoms. The van der Waals surface area contributed by atoms with Crippen molar-refractivity contribution in [3.63, 3.8) is 0 Å². The van der Waals surface area contributed by atoms with Crippen molar-refractivity contribution in [1.82, 2.24) is 0 Å². The molecule has 0 aromatic heterocycles. The maximum absolute atomic E-state index is 12.1. The highest BCUT2D eigenvalue weighted by Gasteiger charge is 2.27. The number of carbonyl (C=O) groups excluding carboxylic acids is 2. The van der Waals surface area contributed by atoms with Gasteiger partial charge in [0.1, 0.15) is 13.2 Å². The summed E-state index contributed by atoms with van der Waals surface area (Å²) in [6, 6.07) is 3.79. The van der Waals surface area contributed by atoms with Crippen molar-refractivity contribution >= 4 is 79.7 Å². The maximum Gasteiger partial charge on any atom is 0.339 e. The first-order chi connectivity index (χ1) is 10.2. The molecular weight excluding hydrogens is 625 g/mol. The molecule has 122 valence electrons. The monoisotopic (exact) mass is 642 g/mol. The molecule has 0 radical (unpaired) electrons. The van der Waals surface area contributed by atoms with Gasteiger partial charge in [-0.2, -0.15) is 0 Å². The summed E-state index contributed by atoms with van der Waals surface area (Å²) in [5.41, 5.74) is 0.0301. The molecule has 0 N–H and O–H groups in total. The van der Waals surface area contributed by atoms with Crippen molar-refractivity contribution in [3.8, 4) is 0 Å². The molecule has 0 saturated carbocycles. The first-order valence-electron chi connectivity index (χ1n) is 6.68. The van der Waals surface area contributed by atoms with Gasteiger partial charge in [-0.25, -0.2) is 4.79 Å². The predicted octanol–water partition coefficient (Wildman–Crippen LogP) is 4.64. The number of benzene rings is 1. The summed E-state index contributed by atoms with van der Waals surface area (Å²) in [4.78, 5) is 23.9. The average Bonchev–Trinajstić information content (AvgIpc) is 2.46. The van der Waals surface area contributed by atoms with E-state index in [1.807, 2.05) is 26.8 Å². The first kappa shape index (κ1) is 20.4. The standard InChI is InChI=1S/C15H17I3O4/c1-4-15(2,3)14(20)22-6-5-21-13(19)10-7-9(16)8-11(17)12(10)18/h7-8H,4-6H2,1-3H3. The number of halogens is 3. The van der Waals surface area contributed by atoms with Gasteiger partial charge < -0.3 is 9.47 Å². The van der Waals surface area contributed by atoms with Crippen molar-refractivity contribution in [1.29, 1.82) is 0 Å². The Kier molecular flexibility index (Phi) is 8.34. The smallest absolute Gasteiger partial charge is 0.339 e. The van der Waals surface area contributed by atoms with Crippen LogP contribution in [0.25, 0.3) is 0 Å². The predicted molar refractivity (Wildman–Crippen MR) is 110 cm³/mol. The van der Waals surface area contributed by atoms with Crippen LogP contribution in [0.5, 0.6) is 0 Å². The summed E-state index contributed by atoms with van der Waals surface area (Å²) in [5.74, 6) is -0.670. The lowest BCUT2D eigenvalue weighted by Gasteiger charge is -2.20. The molecule has 0 aliphatic heterocycles. The fourth-order valence-electron chi connectivity index (χ4n) is 1.39. The molecule has 1 aromatic rings. The molecular formula is C15H17I3O4. The van der Waals surface area contributed by atoms with Gasteiger partial charge in [0, 0.05) is 10.7 Å². The van der Waals surface area contributed by atoms with E-state index in [1.54, 1.807) is 6.07 Å². The van der Waals surface area contributed by atoms with Gasteiger partial charge in [-0.3, -0.25) is 4.79 Å². The number of rotatable bonds is 6. The summed E-state index contributed by atoms with van der Waals surface area (Å²) >= 11 is 6.48. The van der Waals surface area contributed by atoms with Gasteiger partial charge in [-0.15, -0.1) is 0 Å². The van der Waals surface area contributed by atoms with Crippen molar-refractivity contribution < 1.29 is 19.1 Å². The molecule has 0 atom stereocenters. The van der Waals surface area contributed by atoms with E-state index in [2.05, 4.69) is 67.8 Å². The lowest BCUT2D eigenvalue weighted by Crippen LogP contribution is -2.27. The second-order valence-electron chi connectivity index (χ2n) is 5.26. The fourth-order valence-corrected chi connectivity index (χ4v) is 3.77. The second kappa shape index (κ2) is 9.00. The number of hydrogen-bond acceptors (Lipinski definition) is 4. The highest BCUT2D eigenvalue weighted by Crippen LogP contribution is 2.24. The minimum absolute atomic E-state index is 0.0580. The van der Waals surface area contributed by atoms with E-state index < -0.39 is 11.4 Å². The molecule has 0 aliphatic carbocycles. The zero-order valence-corrected chi connectivity index (χ0v) is 19.0. The molecule has 0 unspecified atom stereocenters. The summed E-state index contributed by atoms with van der Waals surface area (Å²) in [5, 5.41) is 0. The fraction of sp³-hybridized carbons (Fsp3) is 0.467. The Labute approximate surface area is 171 Å². The third kappa shape index (κ3) is 5.77. The van der Waals surface area contributed by atoms with Crippen molar-refractivity contribution in [3.05, 3.63) is 28.4 Å². The van der Waals surface area contributed by atoms with E-state index >= 15 is 0 Å². The zero-order valence-electron chi connectivity index (χ0n) is 12.5. The van der Waals surface area contributed by atoms with Crippen LogP contribution in [0, 0.1) is 16.1 Å². The first-order valence-corrected chi connectivity index (χ1v) is 9.91. The molecule has 0 saturated heterocycles. The van der Waals surface area contributed by atoms with Crippen LogP contribution in [-0.2, 0) is 14.3 Å². The van der Waals surface area contributed by atoms with Gasteiger partial charge in [0.2, 0.25) is 0 Å². The van der Waals surface area contributed by atoms with Crippen LogP contribution in [0.2, 0.25) is 0 Å². The molecule has 0 heterocycles. The SMILES string of the molecule is CCC(C)(C)C(=O)OCCOC(=O)c1cc(I)cc(I)c1I. The van der Waals surface area contributed by atoms with E-state index in [4.69, 9.17) is 9.47 Å². The molecule has 0 fully saturated rings. The van der Waals surface area contributed by atoms with Gasteiger partial charge in [-0.05, 0) is 100 Å². The van der Waals surface area contributed by atoms with Crippen LogP contribution in [0.1, 0.15) is 37.6 Å². The van der Waals surface area contributed by atoms with E-state index in [9.17, 15) is 9.59 Å². The lowest BCUT2D eigenvalue weighted by atomic mass is 9.91. The Balaban J connectivity index is 2.53. The van der Waals surface area contributed by atoms with Crippen LogP contribution < -0.4 is 0 Å². The Bertz CT molecular complexity index is 570. The highest BCUT2D eigenvalue weighted by molar-refractivity contribution is 14.1. The van der Waals surface area contributed by atoms with Crippen molar-refractivity contribution in [2.24, 2.45) is 5.41 Å². The van der Waals surface area contributed by atoms with Crippen LogP contribution >= 0.6 is 67.8 Å². The molecule has 22 heavy (non-hydrogen) atoms. The van der Waals surface area contributed by atoms with Crippen LogP contribution in [-0.4, -0.2) is 25.2 Å². The molecule has 0 aliphatic rings. The summed E-state index contributed by atoms with van der Waals surface area (Å²) in [6.45, 7) is 5.73. The van der Waals surface area contributed by atoms with Crippen molar-refractivity contribution in [2.75, 3.05) is 13.2 Å². The topological polar surface area (TPSA) is 52.6 Å². The Morgan fingerprint density at radius 3 is 2.27 bits per heavy atom. The number of esters is 2. The third-order valence-corrected chi connectivity index (χ3v) is 6.87. The molecule has 1 aromatic carbocycles. The second-order valence-corrected chi connectivity index (χ2v) is 8.75. The average molecular weight is 642 g/mol. The molecule has 4 nitrogen and oxygen atoms in total. The molecule has 0 bridgehead atoms. The van der Waals surface area contributed by atoms with Gasteiger partial charge >= 0.3 is 11.9 Å². The molecule has 1 rings (SSSR count). The van der Waals surface area contributed by atoms with Gasteiger partial charge in [0.05, 0.1) is 11.0 Å². The maximum atomic E-state index is 12.1. The Morgan fingerprint density at radius 2 is 1.68 bits per heavy atom. The minimum Gasteiger partial charge on any atom is -0.462 e. The quantitative estimate of drug-likeness (QED) is 0.197. The van der Waals surface area contributed by atoms with Gasteiger partial charge in [-0.1, -0.05) is 6.92 Å². The van der Waals surface area contributed by atoms with Gasteiger partial charge in [0.25, 0.3) is 0 Å². The third-order valence-electron chi connectivity index (χ3n) is 3.20. The Morgan fingerprint density at radius 1 is 1.09 bits per heavy atom. The number of ether oxygens (including phenoxy) is 2. The van der Waals surface area contributed by atoms with E-state index in [-0.39, 0.29) is 19.2 Å². The molecule has 0 amide bonds. The molecule has 7 heteroatoms. The van der Waals surface area contributed by atoms with Crippen LogP contribution in [0.15, 0.2) is 12.1 Å². The normalized spacial score (nSPS) is 11.2. The number of hydrogen-bond donors (Lipinski definition) is 0. The van der Waals surface area contributed by atoms with E-state index in [0.29, 0.717) is 12.0 Å². The minimum atomic E-state index is -0.509. The van der Waals surface area contributed by atoms with Gasteiger partial charge in [0.15, 0.2) is 0 Å². The summed E-state index contributed by atoms with van der Waals surface area (Å²) < 4.78 is 13.2. The number of carbonyl (C=O) groups is 2.